The number of aromatic nitrogens is 2. The van der Waals surface area contributed by atoms with Crippen LogP contribution in [0.5, 0.6) is 5.75 Å². The molecule has 0 fully saturated rings. The molecular weight excluding hydrogens is 406 g/mol. The van der Waals surface area contributed by atoms with E-state index in [1.165, 1.54) is 16.6 Å². The Morgan fingerprint density at radius 1 is 1.28 bits per heavy atom. The number of hydrogen-bond acceptors (Lipinski definition) is 6. The number of carbonyl (C=O) groups is 1. The van der Waals surface area contributed by atoms with E-state index in [0.717, 1.165) is 52.9 Å². The highest BCUT2D eigenvalue weighted by atomic mass is 32.2. The average Bonchev–Trinajstić information content (AvgIpc) is 3.11. The number of carbonyl (C=O) groups excluding carboxylic acids is 1. The minimum Gasteiger partial charge on any atom is -0.497 e. The maximum absolute atomic E-state index is 13.6. The summed E-state index contributed by atoms with van der Waals surface area (Å²) in [6.07, 6.45) is 4.21. The van der Waals surface area contributed by atoms with Crippen molar-refractivity contribution < 1.29 is 9.53 Å². The van der Waals surface area contributed by atoms with Gasteiger partial charge in [-0.05, 0) is 62.4 Å². The van der Waals surface area contributed by atoms with Crippen molar-refractivity contribution in [2.45, 2.75) is 37.8 Å². The van der Waals surface area contributed by atoms with Crippen LogP contribution in [0.25, 0.3) is 15.9 Å². The summed E-state index contributed by atoms with van der Waals surface area (Å²) in [5, 5.41) is 4.07. The van der Waals surface area contributed by atoms with Crippen molar-refractivity contribution >= 4 is 39.2 Å². The summed E-state index contributed by atoms with van der Waals surface area (Å²) < 4.78 is 6.88. The smallest absolute Gasteiger partial charge is 0.267 e. The molecule has 0 unspecified atom stereocenters. The first kappa shape index (κ1) is 20.0. The average molecular weight is 430 g/mol. The second-order valence-electron chi connectivity index (χ2n) is 6.87. The van der Waals surface area contributed by atoms with E-state index in [4.69, 9.17) is 9.72 Å². The van der Waals surface area contributed by atoms with Gasteiger partial charge in [-0.3, -0.25) is 14.2 Å². The van der Waals surface area contributed by atoms with Crippen molar-refractivity contribution in [3.63, 3.8) is 0 Å². The molecule has 1 aromatic carbocycles. The zero-order chi connectivity index (χ0) is 20.4. The van der Waals surface area contributed by atoms with Crippen molar-refractivity contribution in [3.05, 3.63) is 45.1 Å². The number of aryl methyl sites for hydroxylation is 2. The normalized spacial score (nSPS) is 13.3. The van der Waals surface area contributed by atoms with Crippen LogP contribution in [0.4, 0.5) is 0 Å². The summed E-state index contributed by atoms with van der Waals surface area (Å²) in [6.45, 7) is 2.46. The molecule has 152 valence electrons. The van der Waals surface area contributed by atoms with Gasteiger partial charge in [0.1, 0.15) is 10.6 Å². The lowest BCUT2D eigenvalue weighted by Gasteiger charge is -2.14. The first-order valence-corrected chi connectivity index (χ1v) is 11.5. The number of amides is 1. The van der Waals surface area contributed by atoms with E-state index in [1.807, 2.05) is 31.2 Å². The van der Waals surface area contributed by atoms with E-state index < -0.39 is 0 Å². The van der Waals surface area contributed by atoms with Crippen molar-refractivity contribution in [3.8, 4) is 11.4 Å². The Bertz CT molecular complexity index is 1100. The summed E-state index contributed by atoms with van der Waals surface area (Å²) in [4.78, 5) is 32.5. The van der Waals surface area contributed by atoms with E-state index in [2.05, 4.69) is 5.32 Å². The number of rotatable bonds is 6. The first-order chi connectivity index (χ1) is 14.1. The number of hydrogen-bond donors (Lipinski definition) is 1. The molecule has 0 atom stereocenters. The van der Waals surface area contributed by atoms with E-state index in [1.54, 1.807) is 23.0 Å². The zero-order valence-corrected chi connectivity index (χ0v) is 18.1. The molecule has 2 heterocycles. The Morgan fingerprint density at radius 2 is 2.03 bits per heavy atom. The molecule has 2 aromatic heterocycles. The second kappa shape index (κ2) is 8.59. The van der Waals surface area contributed by atoms with E-state index in [9.17, 15) is 9.59 Å². The standard InChI is InChI=1S/C21H23N3O3S2/c1-3-22-17(25)12-28-21-23-19-18(15-6-4-5-7-16(15)29-19)20(26)24(21)13-8-10-14(27-2)11-9-13/h8-11H,3-7,12H2,1-2H3,(H,22,25). The molecule has 4 rings (SSSR count). The largest absolute Gasteiger partial charge is 0.497 e. The number of ether oxygens (including phenoxy) is 1. The van der Waals surface area contributed by atoms with E-state index >= 15 is 0 Å². The molecule has 6 nitrogen and oxygen atoms in total. The first-order valence-electron chi connectivity index (χ1n) is 9.73. The summed E-state index contributed by atoms with van der Waals surface area (Å²) in [7, 11) is 1.61. The zero-order valence-electron chi connectivity index (χ0n) is 16.5. The molecule has 0 spiro atoms. The molecule has 0 saturated carbocycles. The van der Waals surface area contributed by atoms with Crippen molar-refractivity contribution in [1.29, 1.82) is 0 Å². The van der Waals surface area contributed by atoms with Gasteiger partial charge in [0, 0.05) is 11.4 Å². The topological polar surface area (TPSA) is 73.2 Å². The van der Waals surface area contributed by atoms with E-state index in [-0.39, 0.29) is 17.2 Å². The maximum atomic E-state index is 13.6. The summed E-state index contributed by atoms with van der Waals surface area (Å²) in [5.74, 6) is 0.867. The van der Waals surface area contributed by atoms with Crippen LogP contribution in [0.2, 0.25) is 0 Å². The van der Waals surface area contributed by atoms with Crippen LogP contribution in [0.3, 0.4) is 0 Å². The molecule has 1 N–H and O–H groups in total. The van der Waals surface area contributed by atoms with E-state index in [0.29, 0.717) is 11.7 Å². The fraction of sp³-hybridized carbons (Fsp3) is 0.381. The van der Waals surface area contributed by atoms with Crippen LogP contribution in [-0.4, -0.2) is 34.9 Å². The molecule has 0 radical (unpaired) electrons. The van der Waals surface area contributed by atoms with Crippen LogP contribution in [0.1, 0.15) is 30.2 Å². The van der Waals surface area contributed by atoms with Crippen LogP contribution in [0.15, 0.2) is 34.2 Å². The highest BCUT2D eigenvalue weighted by Gasteiger charge is 2.23. The predicted molar refractivity (Wildman–Crippen MR) is 118 cm³/mol. The summed E-state index contributed by atoms with van der Waals surface area (Å²) in [6, 6.07) is 7.35. The van der Waals surface area contributed by atoms with Gasteiger partial charge in [-0.25, -0.2) is 4.98 Å². The number of fused-ring (bicyclic) bond motifs is 3. The lowest BCUT2D eigenvalue weighted by Crippen LogP contribution is -2.26. The summed E-state index contributed by atoms with van der Waals surface area (Å²) >= 11 is 2.91. The van der Waals surface area contributed by atoms with Gasteiger partial charge < -0.3 is 10.1 Å². The molecule has 0 saturated heterocycles. The van der Waals surface area contributed by atoms with Crippen molar-refractivity contribution in [1.82, 2.24) is 14.9 Å². The molecule has 1 aliphatic rings. The Hall–Kier alpha value is -2.32. The third-order valence-corrected chi connectivity index (χ3v) is 7.12. The minimum atomic E-state index is -0.0707. The van der Waals surface area contributed by atoms with Gasteiger partial charge in [0.05, 0.1) is 23.9 Å². The SMILES string of the molecule is CCNC(=O)CSc1nc2sc3c(c2c(=O)n1-c1ccc(OC)cc1)CCCC3. The highest BCUT2D eigenvalue weighted by molar-refractivity contribution is 7.99. The monoisotopic (exact) mass is 429 g/mol. The lowest BCUT2D eigenvalue weighted by molar-refractivity contribution is -0.118. The van der Waals surface area contributed by atoms with Gasteiger partial charge in [-0.1, -0.05) is 11.8 Å². The van der Waals surface area contributed by atoms with Crippen molar-refractivity contribution in [2.75, 3.05) is 19.4 Å². The third kappa shape index (κ3) is 3.91. The lowest BCUT2D eigenvalue weighted by atomic mass is 9.97. The van der Waals surface area contributed by atoms with Crippen LogP contribution < -0.4 is 15.6 Å². The molecule has 29 heavy (non-hydrogen) atoms. The number of nitrogens with zero attached hydrogens (tertiary/aromatic N) is 2. The number of nitrogens with one attached hydrogen (secondary N) is 1. The van der Waals surface area contributed by atoms with Crippen molar-refractivity contribution in [2.24, 2.45) is 0 Å². The molecule has 0 bridgehead atoms. The Kier molecular flexibility index (Phi) is 5.91. The molecule has 1 aliphatic carbocycles. The second-order valence-corrected chi connectivity index (χ2v) is 8.89. The van der Waals surface area contributed by atoms with Gasteiger partial charge in [0.2, 0.25) is 5.91 Å². The molecule has 8 heteroatoms. The maximum Gasteiger partial charge on any atom is 0.267 e. The Morgan fingerprint density at radius 3 is 2.76 bits per heavy atom. The number of thioether (sulfide) groups is 1. The number of methoxy groups -OCH3 is 1. The van der Waals surface area contributed by atoms with Gasteiger partial charge in [-0.2, -0.15) is 0 Å². The number of thiophene rings is 1. The molecule has 0 aliphatic heterocycles. The molecular formula is C21H23N3O3S2. The predicted octanol–water partition coefficient (Wildman–Crippen LogP) is 3.56. The third-order valence-electron chi connectivity index (χ3n) is 5.00. The van der Waals surface area contributed by atoms with Crippen LogP contribution in [-0.2, 0) is 17.6 Å². The quantitative estimate of drug-likeness (QED) is 0.479. The molecule has 1 amide bonds. The van der Waals surface area contributed by atoms with Gasteiger partial charge in [0.15, 0.2) is 5.16 Å². The van der Waals surface area contributed by atoms with Crippen LogP contribution >= 0.6 is 23.1 Å². The fourth-order valence-corrected chi connectivity index (χ4v) is 5.77. The van der Waals surface area contributed by atoms with Gasteiger partial charge in [-0.15, -0.1) is 11.3 Å². The highest BCUT2D eigenvalue weighted by Crippen LogP contribution is 2.35. The minimum absolute atomic E-state index is 0.0574. The van der Waals surface area contributed by atoms with Gasteiger partial charge >= 0.3 is 0 Å². The summed E-state index contributed by atoms with van der Waals surface area (Å²) in [5.41, 5.74) is 1.83. The number of benzene rings is 1. The Balaban J connectivity index is 1.86. The molecule has 3 aromatic rings. The van der Waals surface area contributed by atoms with Crippen LogP contribution in [0, 0.1) is 0 Å². The fourth-order valence-electron chi connectivity index (χ4n) is 3.62. The Labute approximate surface area is 177 Å². The van der Waals surface area contributed by atoms with Gasteiger partial charge in [0.25, 0.3) is 5.56 Å².